The molecule has 3 rings (SSSR count). The molecule has 0 bridgehead atoms. The van der Waals surface area contributed by atoms with Gasteiger partial charge in [-0.05, 0) is 50.9 Å². The topological polar surface area (TPSA) is 18.5 Å². The van der Waals surface area contributed by atoms with Gasteiger partial charge in [0.2, 0.25) is 0 Å². The quantitative estimate of drug-likeness (QED) is 0.809. The molecule has 0 spiro atoms. The number of rotatable bonds is 3. The van der Waals surface area contributed by atoms with Crippen molar-refractivity contribution in [1.29, 1.82) is 0 Å². The van der Waals surface area contributed by atoms with Gasteiger partial charge >= 0.3 is 0 Å². The highest BCUT2D eigenvalue weighted by Gasteiger charge is 2.15. The molecule has 0 aliphatic heterocycles. The summed E-state index contributed by atoms with van der Waals surface area (Å²) in [5.74, 6) is 1.66. The van der Waals surface area contributed by atoms with Gasteiger partial charge in [0.05, 0.1) is 20.0 Å². The van der Waals surface area contributed by atoms with Gasteiger partial charge in [-0.1, -0.05) is 37.4 Å². The summed E-state index contributed by atoms with van der Waals surface area (Å²) in [7, 11) is 3.37. The lowest BCUT2D eigenvalue weighted by Gasteiger charge is -2.19. The zero-order valence-corrected chi connectivity index (χ0v) is 13.1. The van der Waals surface area contributed by atoms with Crippen LogP contribution in [0.25, 0.3) is 29.5 Å². The van der Waals surface area contributed by atoms with Crippen LogP contribution in [0, 0.1) is 0 Å². The summed E-state index contributed by atoms with van der Waals surface area (Å²) in [6, 6.07) is 8.38. The van der Waals surface area contributed by atoms with E-state index in [2.05, 4.69) is 37.4 Å². The molecule has 0 unspecified atom stereocenters. The fraction of sp³-hybridized carbons (Fsp3) is 0.200. The minimum atomic E-state index is 0.638. The van der Waals surface area contributed by atoms with Gasteiger partial charge in [-0.25, -0.2) is 0 Å². The summed E-state index contributed by atoms with van der Waals surface area (Å²) in [6.07, 6.45) is 5.97. The zero-order chi connectivity index (χ0) is 15.7. The Kier molecular flexibility index (Phi) is 3.76. The van der Waals surface area contributed by atoms with Gasteiger partial charge in [0, 0.05) is 6.42 Å². The highest BCUT2D eigenvalue weighted by molar-refractivity contribution is 5.94. The van der Waals surface area contributed by atoms with Gasteiger partial charge in [-0.3, -0.25) is 0 Å². The molecule has 2 aromatic carbocycles. The molecule has 0 saturated carbocycles. The van der Waals surface area contributed by atoms with Crippen LogP contribution in [0.15, 0.2) is 42.4 Å². The first-order valence-electron chi connectivity index (χ1n) is 7.37. The number of allylic oxidation sites excluding steroid dienone is 2. The van der Waals surface area contributed by atoms with E-state index in [0.717, 1.165) is 34.4 Å². The molecule has 112 valence electrons. The van der Waals surface area contributed by atoms with E-state index in [1.54, 1.807) is 14.2 Å². The first-order valence-corrected chi connectivity index (χ1v) is 7.37. The van der Waals surface area contributed by atoms with E-state index in [-0.39, 0.29) is 0 Å². The Bertz CT molecular complexity index is 888. The van der Waals surface area contributed by atoms with Crippen LogP contribution in [0.4, 0.5) is 0 Å². The van der Waals surface area contributed by atoms with Crippen LogP contribution in [0.1, 0.15) is 17.5 Å². The molecule has 0 aromatic heterocycles. The normalized spacial score (nSPS) is 14.5. The molecule has 0 fully saturated rings. The smallest absolute Gasteiger partial charge is 0.112 e. The van der Waals surface area contributed by atoms with Crippen LogP contribution in [-0.4, -0.2) is 14.2 Å². The molecule has 1 aliphatic rings. The van der Waals surface area contributed by atoms with Crippen LogP contribution in [0.5, 0.6) is 0 Å². The Morgan fingerprint density at radius 3 is 2.55 bits per heavy atom. The minimum Gasteiger partial charge on any atom is -0.501 e. The third-order valence-corrected chi connectivity index (χ3v) is 4.28. The predicted molar refractivity (Wildman–Crippen MR) is 92.6 cm³/mol. The van der Waals surface area contributed by atoms with Gasteiger partial charge in [-0.15, -0.1) is 0 Å². The van der Waals surface area contributed by atoms with E-state index < -0.39 is 0 Å². The Morgan fingerprint density at radius 2 is 1.86 bits per heavy atom. The van der Waals surface area contributed by atoms with Gasteiger partial charge in [0.15, 0.2) is 0 Å². The van der Waals surface area contributed by atoms with Crippen molar-refractivity contribution in [2.45, 2.75) is 12.8 Å². The average Bonchev–Trinajstić information content (AvgIpc) is 2.57. The largest absolute Gasteiger partial charge is 0.501 e. The van der Waals surface area contributed by atoms with Crippen LogP contribution >= 0.6 is 0 Å². The van der Waals surface area contributed by atoms with Crippen molar-refractivity contribution in [3.05, 3.63) is 63.9 Å². The summed E-state index contributed by atoms with van der Waals surface area (Å²) in [5, 5.41) is 4.53. The molecule has 2 nitrogen and oxygen atoms in total. The number of ether oxygens (including phenoxy) is 2. The molecule has 2 aromatic rings. The van der Waals surface area contributed by atoms with Gasteiger partial charge < -0.3 is 9.47 Å². The molecule has 0 saturated heterocycles. The first kappa shape index (κ1) is 14.5. The first-order chi connectivity index (χ1) is 10.7. The lowest BCUT2D eigenvalue weighted by molar-refractivity contribution is 0.280. The molecule has 22 heavy (non-hydrogen) atoms. The molecule has 2 heteroatoms. The fourth-order valence-corrected chi connectivity index (χ4v) is 3.08. The lowest BCUT2D eigenvalue weighted by Crippen LogP contribution is -2.31. The maximum absolute atomic E-state index is 5.45. The van der Waals surface area contributed by atoms with Crippen molar-refractivity contribution in [3.8, 4) is 0 Å². The predicted octanol–water partition coefficient (Wildman–Crippen LogP) is 3.12. The molecule has 1 aliphatic carbocycles. The lowest BCUT2D eigenvalue weighted by atomic mass is 9.88. The monoisotopic (exact) mass is 292 g/mol. The second-order valence-electron chi connectivity index (χ2n) is 5.46. The molecular weight excluding hydrogens is 272 g/mol. The van der Waals surface area contributed by atoms with E-state index in [1.165, 1.54) is 16.5 Å². The minimum absolute atomic E-state index is 0.638. The summed E-state index contributed by atoms with van der Waals surface area (Å²) >= 11 is 0. The maximum Gasteiger partial charge on any atom is 0.112 e. The molecule has 0 atom stereocenters. The summed E-state index contributed by atoms with van der Waals surface area (Å²) < 4.78 is 10.7. The standard InChI is InChI=1S/C20H20O2/c1-13(21-3)11-19-14(2)16-10-9-15(22-4)12-20(16)18-8-6-5-7-17(18)19/h5-8,11-12H,1-2,9-10H2,3-4H3/b19-11+. The Labute approximate surface area is 130 Å². The summed E-state index contributed by atoms with van der Waals surface area (Å²) in [5.41, 5.74) is 2.51. The van der Waals surface area contributed by atoms with Crippen molar-refractivity contribution in [1.82, 2.24) is 0 Å². The Morgan fingerprint density at radius 1 is 1.14 bits per heavy atom. The summed E-state index contributed by atoms with van der Waals surface area (Å²) in [4.78, 5) is 0. The van der Waals surface area contributed by atoms with Crippen molar-refractivity contribution < 1.29 is 9.47 Å². The highest BCUT2D eigenvalue weighted by Crippen LogP contribution is 2.27. The molecule has 0 radical (unpaired) electrons. The number of benzene rings is 2. The highest BCUT2D eigenvalue weighted by atomic mass is 16.5. The fourth-order valence-electron chi connectivity index (χ4n) is 3.08. The third kappa shape index (κ3) is 2.31. The van der Waals surface area contributed by atoms with Crippen molar-refractivity contribution >= 4 is 29.5 Å². The number of methoxy groups -OCH3 is 2. The number of fused-ring (bicyclic) bond motifs is 3. The molecule has 0 N–H and O–H groups in total. The SMILES string of the molecule is C=C(/C=c1\c(=C)c2c(c3ccccc13)C=C(OC)CC2)OC. The Balaban J connectivity index is 2.45. The van der Waals surface area contributed by atoms with Crippen molar-refractivity contribution in [2.24, 2.45) is 0 Å². The zero-order valence-electron chi connectivity index (χ0n) is 13.1. The van der Waals surface area contributed by atoms with Crippen LogP contribution < -0.4 is 10.4 Å². The van der Waals surface area contributed by atoms with Gasteiger partial charge in [0.1, 0.15) is 5.76 Å². The van der Waals surface area contributed by atoms with E-state index >= 15 is 0 Å². The summed E-state index contributed by atoms with van der Waals surface area (Å²) in [6.45, 7) is 8.24. The molecule has 0 amide bonds. The van der Waals surface area contributed by atoms with E-state index in [9.17, 15) is 0 Å². The van der Waals surface area contributed by atoms with Crippen LogP contribution in [0.3, 0.4) is 0 Å². The second kappa shape index (κ2) is 5.72. The second-order valence-corrected chi connectivity index (χ2v) is 5.46. The third-order valence-electron chi connectivity index (χ3n) is 4.28. The Hall–Kier alpha value is -2.48. The van der Waals surface area contributed by atoms with Crippen molar-refractivity contribution in [3.63, 3.8) is 0 Å². The molecule has 0 heterocycles. The van der Waals surface area contributed by atoms with E-state index in [1.807, 2.05) is 12.1 Å². The molecular formula is C20H20O2. The van der Waals surface area contributed by atoms with E-state index in [0.29, 0.717) is 5.76 Å². The van der Waals surface area contributed by atoms with Crippen LogP contribution in [-0.2, 0) is 15.9 Å². The number of hydrogen-bond acceptors (Lipinski definition) is 2. The average molecular weight is 292 g/mol. The van der Waals surface area contributed by atoms with Gasteiger partial charge in [-0.2, -0.15) is 0 Å². The number of hydrogen-bond donors (Lipinski definition) is 0. The van der Waals surface area contributed by atoms with Crippen molar-refractivity contribution in [2.75, 3.05) is 14.2 Å². The van der Waals surface area contributed by atoms with Gasteiger partial charge in [0.25, 0.3) is 0 Å². The maximum atomic E-state index is 5.45. The van der Waals surface area contributed by atoms with Crippen LogP contribution in [0.2, 0.25) is 0 Å². The van der Waals surface area contributed by atoms with E-state index in [4.69, 9.17) is 9.47 Å².